The van der Waals surface area contributed by atoms with Crippen molar-refractivity contribution in [2.45, 2.75) is 59.7 Å². The number of rotatable bonds is 10. The van der Waals surface area contributed by atoms with Crippen LogP contribution in [0.2, 0.25) is 0 Å². The van der Waals surface area contributed by atoms with E-state index in [1.165, 1.54) is 0 Å². The fourth-order valence-electron chi connectivity index (χ4n) is 3.06. The molecule has 0 saturated heterocycles. The number of aliphatic carboxylic acids is 1. The first-order valence-corrected chi connectivity index (χ1v) is 9.85. The van der Waals surface area contributed by atoms with Crippen LogP contribution in [0.5, 0.6) is 0 Å². The number of amides is 2. The van der Waals surface area contributed by atoms with E-state index in [0.717, 1.165) is 5.56 Å². The third-order valence-electron chi connectivity index (χ3n) is 4.45. The lowest BCUT2D eigenvalue weighted by molar-refractivity contribution is -0.150. The predicted molar refractivity (Wildman–Crippen MR) is 111 cm³/mol. The molecule has 30 heavy (non-hydrogen) atoms. The van der Waals surface area contributed by atoms with Gasteiger partial charge in [0.05, 0.1) is 5.92 Å². The lowest BCUT2D eigenvalue weighted by Crippen LogP contribution is -2.56. The summed E-state index contributed by atoms with van der Waals surface area (Å²) in [4.78, 5) is 48.4. The van der Waals surface area contributed by atoms with Crippen LogP contribution in [-0.2, 0) is 25.7 Å². The SMILES string of the molecule is CC(C)C[C@@H](C=O)[N]C(=O)[C@@H](NC(=O)OCc1ccccc1)C(C(=O)O)C(C)(C)C. The minimum Gasteiger partial charge on any atom is -0.481 e. The number of hydrogen-bond acceptors (Lipinski definition) is 5. The highest BCUT2D eigenvalue weighted by atomic mass is 16.5. The summed E-state index contributed by atoms with van der Waals surface area (Å²) >= 11 is 0. The Morgan fingerprint density at radius 3 is 2.23 bits per heavy atom. The van der Waals surface area contributed by atoms with E-state index in [-0.39, 0.29) is 12.5 Å². The average molecular weight is 419 g/mol. The van der Waals surface area contributed by atoms with Gasteiger partial charge in [-0.1, -0.05) is 65.0 Å². The molecule has 1 aromatic rings. The van der Waals surface area contributed by atoms with Gasteiger partial charge in [0.25, 0.3) is 5.91 Å². The van der Waals surface area contributed by atoms with Crippen LogP contribution in [0.15, 0.2) is 30.3 Å². The highest BCUT2D eigenvalue weighted by Gasteiger charge is 2.44. The van der Waals surface area contributed by atoms with Crippen molar-refractivity contribution in [2.75, 3.05) is 0 Å². The number of nitrogens with zero attached hydrogens (tertiary/aromatic N) is 1. The highest BCUT2D eigenvalue weighted by Crippen LogP contribution is 2.30. The maximum Gasteiger partial charge on any atom is 0.408 e. The van der Waals surface area contributed by atoms with Crippen molar-refractivity contribution in [3.05, 3.63) is 35.9 Å². The molecule has 165 valence electrons. The van der Waals surface area contributed by atoms with E-state index in [2.05, 4.69) is 10.6 Å². The molecule has 3 atom stereocenters. The first kappa shape index (κ1) is 25.1. The molecule has 0 aliphatic carbocycles. The van der Waals surface area contributed by atoms with Gasteiger partial charge in [-0.25, -0.2) is 10.1 Å². The minimum atomic E-state index is -1.47. The van der Waals surface area contributed by atoms with Crippen molar-refractivity contribution in [1.29, 1.82) is 0 Å². The number of carboxylic acids is 1. The maximum atomic E-state index is 12.8. The van der Waals surface area contributed by atoms with Crippen molar-refractivity contribution in [3.8, 4) is 0 Å². The summed E-state index contributed by atoms with van der Waals surface area (Å²) in [6, 6.07) is 6.55. The molecule has 1 rings (SSSR count). The summed E-state index contributed by atoms with van der Waals surface area (Å²) in [6.45, 7) is 8.66. The van der Waals surface area contributed by atoms with Gasteiger partial charge in [-0.2, -0.15) is 0 Å². The van der Waals surface area contributed by atoms with Crippen LogP contribution in [0, 0.1) is 17.3 Å². The molecule has 0 aromatic heterocycles. The molecule has 1 aromatic carbocycles. The van der Waals surface area contributed by atoms with E-state index in [4.69, 9.17) is 4.74 Å². The van der Waals surface area contributed by atoms with Gasteiger partial charge in [-0.05, 0) is 23.3 Å². The number of aldehydes is 1. The highest BCUT2D eigenvalue weighted by molar-refractivity contribution is 5.91. The second-order valence-electron chi connectivity index (χ2n) is 8.67. The quantitative estimate of drug-likeness (QED) is 0.562. The van der Waals surface area contributed by atoms with Gasteiger partial charge in [0.2, 0.25) is 0 Å². The number of hydrogen-bond donors (Lipinski definition) is 2. The number of carbonyl (C=O) groups is 4. The number of alkyl carbamates (subject to hydrolysis) is 1. The molecule has 0 spiro atoms. The molecule has 0 heterocycles. The number of ether oxygens (including phenoxy) is 1. The van der Waals surface area contributed by atoms with Gasteiger partial charge in [-0.15, -0.1) is 0 Å². The van der Waals surface area contributed by atoms with Gasteiger partial charge < -0.3 is 20.0 Å². The molecular weight excluding hydrogens is 388 g/mol. The smallest absolute Gasteiger partial charge is 0.408 e. The number of carboxylic acid groups (broad SMARTS) is 1. The van der Waals surface area contributed by atoms with E-state index in [9.17, 15) is 24.3 Å². The molecule has 0 fully saturated rings. The molecule has 0 aliphatic rings. The number of benzene rings is 1. The van der Waals surface area contributed by atoms with E-state index in [1.54, 1.807) is 45.0 Å². The molecule has 1 radical (unpaired) electrons. The Balaban J connectivity index is 3.01. The molecular formula is C22H31N2O6. The number of carbonyl (C=O) groups excluding carboxylic acids is 3. The van der Waals surface area contributed by atoms with Crippen molar-refractivity contribution < 1.29 is 29.0 Å². The zero-order valence-corrected chi connectivity index (χ0v) is 18.1. The number of nitrogens with one attached hydrogen (secondary N) is 1. The van der Waals surface area contributed by atoms with Crippen LogP contribution in [0.25, 0.3) is 0 Å². The normalized spacial score (nSPS) is 14.3. The van der Waals surface area contributed by atoms with Crippen molar-refractivity contribution in [1.82, 2.24) is 10.6 Å². The second kappa shape index (κ2) is 11.3. The Morgan fingerprint density at radius 1 is 1.17 bits per heavy atom. The molecule has 0 aliphatic heterocycles. The molecule has 8 heteroatoms. The zero-order valence-electron chi connectivity index (χ0n) is 18.1. The lowest BCUT2D eigenvalue weighted by Gasteiger charge is -2.33. The zero-order chi connectivity index (χ0) is 22.9. The lowest BCUT2D eigenvalue weighted by atomic mass is 9.75. The van der Waals surface area contributed by atoms with E-state index in [1.807, 2.05) is 19.9 Å². The van der Waals surface area contributed by atoms with E-state index < -0.39 is 41.4 Å². The molecule has 0 bridgehead atoms. The van der Waals surface area contributed by atoms with E-state index >= 15 is 0 Å². The summed E-state index contributed by atoms with van der Waals surface area (Å²) in [6.07, 6.45) is -0.0436. The molecule has 1 unspecified atom stereocenters. The van der Waals surface area contributed by atoms with Gasteiger partial charge in [0.15, 0.2) is 0 Å². The van der Waals surface area contributed by atoms with E-state index in [0.29, 0.717) is 12.7 Å². The third-order valence-corrected chi connectivity index (χ3v) is 4.45. The third kappa shape index (κ3) is 8.23. The Morgan fingerprint density at radius 2 is 1.77 bits per heavy atom. The van der Waals surface area contributed by atoms with Crippen LogP contribution in [0.3, 0.4) is 0 Å². The van der Waals surface area contributed by atoms with Crippen LogP contribution in [-0.4, -0.2) is 41.4 Å². The molecule has 0 saturated carbocycles. The monoisotopic (exact) mass is 419 g/mol. The molecule has 8 nitrogen and oxygen atoms in total. The summed E-state index contributed by atoms with van der Waals surface area (Å²) in [7, 11) is 0. The summed E-state index contributed by atoms with van der Waals surface area (Å²) in [5, 5.41) is 16.0. The predicted octanol–water partition coefficient (Wildman–Crippen LogP) is 2.77. The summed E-state index contributed by atoms with van der Waals surface area (Å²) in [5.41, 5.74) is -0.132. The van der Waals surface area contributed by atoms with Gasteiger partial charge >= 0.3 is 12.1 Å². The standard InChI is InChI=1S/C22H31N2O6/c1-14(2)11-16(12-25)23-19(26)18(17(20(27)28)22(3,4)5)24-21(29)30-13-15-9-7-6-8-10-15/h6-10,12,14,16-18H,11,13H2,1-5H3,(H,24,29)(H,27,28)/t16-,17?,18-/m0/s1. The summed E-state index contributed by atoms with van der Waals surface area (Å²) in [5.74, 6) is -3.29. The summed E-state index contributed by atoms with van der Waals surface area (Å²) < 4.78 is 5.14. The van der Waals surface area contributed by atoms with Gasteiger partial charge in [-0.3, -0.25) is 9.59 Å². The Bertz CT molecular complexity index is 727. The Hall–Kier alpha value is -2.90. The van der Waals surface area contributed by atoms with Crippen LogP contribution in [0.4, 0.5) is 4.79 Å². The maximum absolute atomic E-state index is 12.8. The second-order valence-corrected chi connectivity index (χ2v) is 8.67. The fraction of sp³-hybridized carbons (Fsp3) is 0.545. The van der Waals surface area contributed by atoms with Crippen molar-refractivity contribution in [3.63, 3.8) is 0 Å². The Labute approximate surface area is 177 Å². The molecule has 2 amide bonds. The first-order chi connectivity index (χ1) is 14.0. The minimum absolute atomic E-state index is 0.0394. The largest absolute Gasteiger partial charge is 0.481 e. The van der Waals surface area contributed by atoms with Crippen LogP contribution >= 0.6 is 0 Å². The van der Waals surface area contributed by atoms with Crippen LogP contribution < -0.4 is 10.6 Å². The topological polar surface area (TPSA) is 124 Å². The average Bonchev–Trinajstić information content (AvgIpc) is 2.64. The van der Waals surface area contributed by atoms with Crippen molar-refractivity contribution in [2.24, 2.45) is 17.3 Å². The van der Waals surface area contributed by atoms with Gasteiger partial charge in [0.1, 0.15) is 25.0 Å². The first-order valence-electron chi connectivity index (χ1n) is 9.85. The fourth-order valence-corrected chi connectivity index (χ4v) is 3.06. The molecule has 2 N–H and O–H groups in total. The van der Waals surface area contributed by atoms with Crippen LogP contribution in [0.1, 0.15) is 46.6 Å². The van der Waals surface area contributed by atoms with Gasteiger partial charge in [0, 0.05) is 0 Å². The Kier molecular flexibility index (Phi) is 9.49. The van der Waals surface area contributed by atoms with Crippen molar-refractivity contribution >= 4 is 24.3 Å².